The number of Topliss-reactive ketones (excluding diaryl/α,β-unsaturated/α-hetero) is 1. The molecule has 0 fully saturated rings. The number of para-hydroxylation sites is 1. The normalized spacial score (nSPS) is 11.1. The zero-order chi connectivity index (χ0) is 17.4. The van der Waals surface area contributed by atoms with Gasteiger partial charge in [-0.15, -0.1) is 0 Å². The lowest BCUT2D eigenvalue weighted by molar-refractivity contribution is 0.0975. The van der Waals surface area contributed by atoms with Crippen LogP contribution in [0.3, 0.4) is 0 Å². The summed E-state index contributed by atoms with van der Waals surface area (Å²) in [5, 5.41) is 9.26. The molecule has 2 aromatic rings. The van der Waals surface area contributed by atoms with Crippen LogP contribution in [0.4, 0.5) is 5.69 Å². The first-order valence-electron chi connectivity index (χ1n) is 7.49. The third-order valence-corrected chi connectivity index (χ3v) is 3.97. The molecule has 0 aliphatic heterocycles. The molecule has 0 amide bonds. The van der Waals surface area contributed by atoms with Crippen LogP contribution in [-0.4, -0.2) is 22.2 Å². The van der Waals surface area contributed by atoms with Gasteiger partial charge in [-0.3, -0.25) is 9.78 Å². The maximum Gasteiger partial charge on any atom is 0.181 e. The van der Waals surface area contributed by atoms with E-state index >= 15 is 0 Å². The van der Waals surface area contributed by atoms with Gasteiger partial charge in [0.25, 0.3) is 0 Å². The summed E-state index contributed by atoms with van der Waals surface area (Å²) in [5.74, 6) is -0.0240. The Morgan fingerprint density at radius 2 is 2.12 bits per heavy atom. The maximum absolute atomic E-state index is 12.1. The van der Waals surface area contributed by atoms with Crippen LogP contribution in [0.5, 0.6) is 0 Å². The molecule has 122 valence electrons. The van der Waals surface area contributed by atoms with E-state index in [-0.39, 0.29) is 5.78 Å². The van der Waals surface area contributed by atoms with E-state index in [1.807, 2.05) is 36.6 Å². The number of carbonyl (C=O) groups is 1. The van der Waals surface area contributed by atoms with Crippen LogP contribution >= 0.6 is 11.8 Å². The quantitative estimate of drug-likeness (QED) is 0.494. The van der Waals surface area contributed by atoms with Gasteiger partial charge in [0.1, 0.15) is 11.8 Å². The van der Waals surface area contributed by atoms with E-state index < -0.39 is 0 Å². The summed E-state index contributed by atoms with van der Waals surface area (Å²) in [4.78, 5) is 20.6. The Morgan fingerprint density at radius 3 is 2.79 bits per heavy atom. The van der Waals surface area contributed by atoms with Gasteiger partial charge in [-0.1, -0.05) is 30.0 Å². The highest BCUT2D eigenvalue weighted by atomic mass is 32.2. The summed E-state index contributed by atoms with van der Waals surface area (Å²) >= 11 is 1.40. The van der Waals surface area contributed by atoms with Crippen molar-refractivity contribution in [1.29, 1.82) is 5.26 Å². The van der Waals surface area contributed by atoms with Gasteiger partial charge in [-0.2, -0.15) is 5.26 Å². The first-order chi connectivity index (χ1) is 11.6. The third kappa shape index (κ3) is 4.93. The van der Waals surface area contributed by atoms with Crippen LogP contribution in [0.15, 0.2) is 47.6 Å². The molecule has 1 aromatic heterocycles. The molecule has 5 nitrogen and oxygen atoms in total. The number of aryl methyl sites for hydroxylation is 1. The number of thioether (sulfide) groups is 1. The van der Waals surface area contributed by atoms with Crippen LogP contribution in [0.1, 0.15) is 34.5 Å². The fraction of sp³-hybridized carbons (Fsp3) is 0.222. The monoisotopic (exact) mass is 338 g/mol. The average Bonchev–Trinajstić information content (AvgIpc) is 2.63. The smallest absolute Gasteiger partial charge is 0.181 e. The van der Waals surface area contributed by atoms with Gasteiger partial charge < -0.3 is 5.73 Å². The van der Waals surface area contributed by atoms with Gasteiger partial charge in [0.15, 0.2) is 11.0 Å². The molecule has 1 aromatic carbocycles. The summed E-state index contributed by atoms with van der Waals surface area (Å²) in [6.07, 6.45) is 5.14. The molecule has 0 spiro atoms. The Labute approximate surface area is 145 Å². The van der Waals surface area contributed by atoms with E-state index in [1.165, 1.54) is 18.0 Å². The fourth-order valence-electron chi connectivity index (χ4n) is 2.19. The molecule has 24 heavy (non-hydrogen) atoms. The minimum absolute atomic E-state index is 0.0240. The Kier molecular flexibility index (Phi) is 6.52. The first-order valence-corrected chi connectivity index (χ1v) is 8.72. The molecule has 0 unspecified atom stereocenters. The number of amidine groups is 1. The molecule has 0 saturated heterocycles. The molecule has 2 rings (SSSR count). The number of nitrogens with zero attached hydrogens (tertiary/aromatic N) is 3. The SMILES string of the molecule is CSC(N)=Nc1ccccc1CCCC(=O)c1ccc(C#N)cn1. The largest absolute Gasteiger partial charge is 0.378 e. The summed E-state index contributed by atoms with van der Waals surface area (Å²) < 4.78 is 0. The minimum Gasteiger partial charge on any atom is -0.378 e. The van der Waals surface area contributed by atoms with Crippen LogP contribution in [0.25, 0.3) is 0 Å². The standard InChI is InChI=1S/C18H18N4OS/c1-24-18(20)22-15-7-3-2-5-14(15)6-4-8-17(23)16-10-9-13(11-19)12-21-16/h2-3,5,7,9-10,12H,4,6,8H2,1H3,(H2,20,22). The number of hydrogen-bond donors (Lipinski definition) is 1. The zero-order valence-corrected chi connectivity index (χ0v) is 14.2. The molecular formula is C18H18N4OS. The minimum atomic E-state index is -0.0240. The van der Waals surface area contributed by atoms with Crippen LogP contribution in [0, 0.1) is 11.3 Å². The molecule has 0 saturated carbocycles. The van der Waals surface area contributed by atoms with Crippen molar-refractivity contribution < 1.29 is 4.79 Å². The molecule has 0 aliphatic rings. The summed E-state index contributed by atoms with van der Waals surface area (Å²) in [6.45, 7) is 0. The molecule has 6 heteroatoms. The van der Waals surface area contributed by atoms with Gasteiger partial charge in [-0.25, -0.2) is 4.99 Å². The Balaban J connectivity index is 1.97. The molecule has 0 bridgehead atoms. The highest BCUT2D eigenvalue weighted by Gasteiger charge is 2.08. The van der Waals surface area contributed by atoms with Crippen molar-refractivity contribution in [3.63, 3.8) is 0 Å². The number of nitrogens with two attached hydrogens (primary N) is 1. The number of hydrogen-bond acceptors (Lipinski definition) is 5. The van der Waals surface area contributed by atoms with E-state index in [9.17, 15) is 4.79 Å². The van der Waals surface area contributed by atoms with Crippen LogP contribution in [-0.2, 0) is 6.42 Å². The maximum atomic E-state index is 12.1. The van der Waals surface area contributed by atoms with Crippen LogP contribution in [0.2, 0.25) is 0 Å². The highest BCUT2D eigenvalue weighted by molar-refractivity contribution is 8.13. The van der Waals surface area contributed by atoms with Gasteiger partial charge in [0, 0.05) is 12.6 Å². The lowest BCUT2D eigenvalue weighted by Gasteiger charge is -2.06. The number of rotatable bonds is 6. The number of aromatic nitrogens is 1. The van der Waals surface area contributed by atoms with Crippen molar-refractivity contribution in [2.45, 2.75) is 19.3 Å². The number of carbonyl (C=O) groups excluding carboxylic acids is 1. The van der Waals surface area contributed by atoms with Crippen molar-refractivity contribution in [3.8, 4) is 6.07 Å². The molecule has 0 atom stereocenters. The Bertz CT molecular complexity index is 778. The molecule has 1 heterocycles. The fourth-order valence-corrected chi connectivity index (χ4v) is 2.38. The van der Waals surface area contributed by atoms with Crippen molar-refractivity contribution in [2.24, 2.45) is 10.7 Å². The summed E-state index contributed by atoms with van der Waals surface area (Å²) in [6, 6.07) is 13.0. The second-order valence-corrected chi connectivity index (χ2v) is 5.93. The number of aliphatic imine (C=N–C) groups is 1. The lowest BCUT2D eigenvalue weighted by Crippen LogP contribution is -2.05. The number of benzene rings is 1. The number of ketones is 1. The molecular weight excluding hydrogens is 320 g/mol. The van der Waals surface area contributed by atoms with E-state index in [0.717, 1.165) is 17.7 Å². The molecule has 0 radical (unpaired) electrons. The number of pyridine rings is 1. The van der Waals surface area contributed by atoms with Gasteiger partial charge in [-0.05, 0) is 42.9 Å². The predicted molar refractivity (Wildman–Crippen MR) is 97.5 cm³/mol. The summed E-state index contributed by atoms with van der Waals surface area (Å²) in [7, 11) is 0. The van der Waals surface area contributed by atoms with Crippen LogP contribution < -0.4 is 5.73 Å². The predicted octanol–water partition coefficient (Wildman–Crippen LogP) is 3.47. The van der Waals surface area contributed by atoms with E-state index in [0.29, 0.717) is 29.3 Å². The average molecular weight is 338 g/mol. The van der Waals surface area contributed by atoms with Gasteiger partial charge >= 0.3 is 0 Å². The van der Waals surface area contributed by atoms with Crippen molar-refractivity contribution in [3.05, 3.63) is 59.4 Å². The first kappa shape index (κ1) is 17.7. The lowest BCUT2D eigenvalue weighted by atomic mass is 10.0. The van der Waals surface area contributed by atoms with Crippen molar-refractivity contribution in [1.82, 2.24) is 4.98 Å². The van der Waals surface area contributed by atoms with Crippen molar-refractivity contribution in [2.75, 3.05) is 6.26 Å². The van der Waals surface area contributed by atoms with Gasteiger partial charge in [0.2, 0.25) is 0 Å². The van der Waals surface area contributed by atoms with E-state index in [1.54, 1.807) is 12.1 Å². The summed E-state index contributed by atoms with van der Waals surface area (Å²) in [5.41, 5.74) is 8.53. The van der Waals surface area contributed by atoms with E-state index in [4.69, 9.17) is 11.0 Å². The number of nitriles is 1. The second kappa shape index (κ2) is 8.85. The zero-order valence-electron chi connectivity index (χ0n) is 13.4. The molecule has 0 aliphatic carbocycles. The Hall–Kier alpha value is -2.65. The van der Waals surface area contributed by atoms with Gasteiger partial charge in [0.05, 0.1) is 11.3 Å². The van der Waals surface area contributed by atoms with Crippen molar-refractivity contribution >= 4 is 28.4 Å². The Morgan fingerprint density at radius 1 is 1.33 bits per heavy atom. The highest BCUT2D eigenvalue weighted by Crippen LogP contribution is 2.22. The topological polar surface area (TPSA) is 92.1 Å². The second-order valence-electron chi connectivity index (χ2n) is 5.10. The van der Waals surface area contributed by atoms with E-state index in [2.05, 4.69) is 9.98 Å². The molecule has 2 N–H and O–H groups in total. The third-order valence-electron chi connectivity index (χ3n) is 3.46.